The summed E-state index contributed by atoms with van der Waals surface area (Å²) in [6, 6.07) is 14.7. The molecule has 0 saturated carbocycles. The number of hydrogen-bond donors (Lipinski definition) is 3. The van der Waals surface area contributed by atoms with Crippen LogP contribution in [0.25, 0.3) is 0 Å². The number of nitrogens with zero attached hydrogens (tertiary/aromatic N) is 1. The van der Waals surface area contributed by atoms with Crippen LogP contribution in [0.15, 0.2) is 71.1 Å². The predicted molar refractivity (Wildman–Crippen MR) is 108 cm³/mol. The number of aromatic nitrogens is 1. The van der Waals surface area contributed by atoms with Crippen molar-refractivity contribution in [3.05, 3.63) is 77.3 Å². The average Bonchev–Trinajstić information content (AvgIpc) is 3.20. The molecule has 3 rings (SSSR count). The van der Waals surface area contributed by atoms with Crippen molar-refractivity contribution < 1.29 is 18.3 Å². The number of thiazole rings is 1. The number of nitrogens with one attached hydrogen (secondary N) is 2. The molecule has 28 heavy (non-hydrogen) atoms. The minimum absolute atomic E-state index is 0.0299. The van der Waals surface area contributed by atoms with E-state index < -0.39 is 16.1 Å². The van der Waals surface area contributed by atoms with Crippen LogP contribution < -0.4 is 10.0 Å². The van der Waals surface area contributed by atoms with Gasteiger partial charge in [-0.1, -0.05) is 30.3 Å². The number of hydrogen-bond acceptors (Lipinski definition) is 6. The summed E-state index contributed by atoms with van der Waals surface area (Å²) in [5, 5.41) is 14.2. The van der Waals surface area contributed by atoms with Gasteiger partial charge < -0.3 is 10.4 Å². The van der Waals surface area contributed by atoms with Gasteiger partial charge in [-0.15, -0.1) is 11.3 Å². The Balaban J connectivity index is 1.66. The van der Waals surface area contributed by atoms with Crippen molar-refractivity contribution in [3.63, 3.8) is 0 Å². The van der Waals surface area contributed by atoms with Crippen molar-refractivity contribution in [1.29, 1.82) is 0 Å². The molecule has 3 N–H and O–H groups in total. The molecule has 0 aliphatic rings. The predicted octanol–water partition coefficient (Wildman–Crippen LogP) is 2.28. The molecule has 7 nitrogen and oxygen atoms in total. The lowest BCUT2D eigenvalue weighted by Crippen LogP contribution is -2.39. The molecular formula is C19H19N3O4S2. The molecular weight excluding hydrogens is 398 g/mol. The number of carbonyl (C=O) groups is 1. The monoisotopic (exact) mass is 417 g/mol. The van der Waals surface area contributed by atoms with Crippen molar-refractivity contribution in [1.82, 2.24) is 10.3 Å². The van der Waals surface area contributed by atoms with E-state index in [0.29, 0.717) is 12.0 Å². The maximum atomic E-state index is 12.4. The Morgan fingerprint density at radius 3 is 2.43 bits per heavy atom. The summed E-state index contributed by atoms with van der Waals surface area (Å²) >= 11 is 1.17. The third-order valence-electron chi connectivity index (χ3n) is 3.96. The topological polar surface area (TPSA) is 108 Å². The molecule has 2 aromatic carbocycles. The molecule has 1 atom stereocenters. The van der Waals surface area contributed by atoms with Crippen LogP contribution >= 0.6 is 11.3 Å². The molecule has 146 valence electrons. The highest BCUT2D eigenvalue weighted by molar-refractivity contribution is 7.93. The van der Waals surface area contributed by atoms with Crippen LogP contribution in [0.3, 0.4) is 0 Å². The number of anilines is 1. The second-order valence-corrected chi connectivity index (χ2v) is 8.59. The molecule has 0 fully saturated rings. The van der Waals surface area contributed by atoms with Gasteiger partial charge in [-0.05, 0) is 36.2 Å². The fourth-order valence-corrected chi connectivity index (χ4v) is 4.35. The van der Waals surface area contributed by atoms with E-state index >= 15 is 0 Å². The van der Waals surface area contributed by atoms with Gasteiger partial charge in [0.2, 0.25) is 0 Å². The van der Waals surface area contributed by atoms with Gasteiger partial charge in [0.05, 0.1) is 17.5 Å². The van der Waals surface area contributed by atoms with Gasteiger partial charge in [-0.2, -0.15) is 0 Å². The Morgan fingerprint density at radius 2 is 1.82 bits per heavy atom. The third-order valence-corrected chi connectivity index (χ3v) is 6.13. The lowest BCUT2D eigenvalue weighted by molar-refractivity contribution is 0.0916. The van der Waals surface area contributed by atoms with E-state index in [9.17, 15) is 18.3 Å². The summed E-state index contributed by atoms with van der Waals surface area (Å²) in [6.07, 6.45) is 2.00. The highest BCUT2D eigenvalue weighted by Crippen LogP contribution is 2.18. The summed E-state index contributed by atoms with van der Waals surface area (Å²) < 4.78 is 27.0. The summed E-state index contributed by atoms with van der Waals surface area (Å²) in [4.78, 5) is 16.3. The Bertz CT molecular complexity index is 1010. The second kappa shape index (κ2) is 8.96. The largest absolute Gasteiger partial charge is 0.394 e. The zero-order valence-corrected chi connectivity index (χ0v) is 16.4. The minimum atomic E-state index is -3.77. The van der Waals surface area contributed by atoms with Gasteiger partial charge in [-0.25, -0.2) is 13.4 Å². The highest BCUT2D eigenvalue weighted by atomic mass is 32.2. The summed E-state index contributed by atoms with van der Waals surface area (Å²) in [7, 11) is -3.77. The molecule has 1 amide bonds. The van der Waals surface area contributed by atoms with Gasteiger partial charge in [0.1, 0.15) is 0 Å². The summed E-state index contributed by atoms with van der Waals surface area (Å²) in [5.74, 6) is -0.383. The van der Waals surface area contributed by atoms with Crippen molar-refractivity contribution in [2.45, 2.75) is 17.4 Å². The third kappa shape index (κ3) is 5.16. The normalized spacial score (nSPS) is 12.3. The molecule has 9 heteroatoms. The van der Waals surface area contributed by atoms with Crippen LogP contribution in [0.5, 0.6) is 0 Å². The Kier molecular flexibility index (Phi) is 6.40. The molecule has 0 radical (unpaired) electrons. The fraction of sp³-hybridized carbons (Fsp3) is 0.158. The van der Waals surface area contributed by atoms with Crippen LogP contribution in [0.2, 0.25) is 0 Å². The van der Waals surface area contributed by atoms with E-state index in [1.165, 1.54) is 41.8 Å². The van der Waals surface area contributed by atoms with Gasteiger partial charge >= 0.3 is 0 Å². The first-order valence-corrected chi connectivity index (χ1v) is 10.8. The Morgan fingerprint density at radius 1 is 1.11 bits per heavy atom. The maximum Gasteiger partial charge on any atom is 0.263 e. The number of aliphatic hydroxyl groups excluding tert-OH is 1. The van der Waals surface area contributed by atoms with Gasteiger partial charge in [-0.3, -0.25) is 9.52 Å². The van der Waals surface area contributed by atoms with E-state index in [-0.39, 0.29) is 22.5 Å². The van der Waals surface area contributed by atoms with Crippen LogP contribution in [0, 0.1) is 0 Å². The number of aliphatic hydroxyl groups is 1. The molecule has 0 spiro atoms. The zero-order chi connectivity index (χ0) is 20.0. The van der Waals surface area contributed by atoms with Crippen LogP contribution in [-0.2, 0) is 16.4 Å². The van der Waals surface area contributed by atoms with Gasteiger partial charge in [0.25, 0.3) is 15.9 Å². The molecule has 3 aromatic rings. The van der Waals surface area contributed by atoms with E-state index in [2.05, 4.69) is 15.0 Å². The molecule has 0 bridgehead atoms. The number of benzene rings is 2. The molecule has 0 saturated heterocycles. The lowest BCUT2D eigenvalue weighted by atomic mass is 10.1. The van der Waals surface area contributed by atoms with Crippen molar-refractivity contribution in [2.75, 3.05) is 11.3 Å². The zero-order valence-electron chi connectivity index (χ0n) is 14.8. The molecule has 0 aliphatic carbocycles. The summed E-state index contributed by atoms with van der Waals surface area (Å²) in [6.45, 7) is -0.204. The van der Waals surface area contributed by atoms with Crippen LogP contribution in [-0.4, -0.2) is 37.1 Å². The van der Waals surface area contributed by atoms with E-state index in [4.69, 9.17) is 0 Å². The van der Waals surface area contributed by atoms with Gasteiger partial charge in [0, 0.05) is 17.1 Å². The molecule has 0 aliphatic heterocycles. The first-order chi connectivity index (χ1) is 13.5. The average molecular weight is 418 g/mol. The first-order valence-electron chi connectivity index (χ1n) is 8.46. The van der Waals surface area contributed by atoms with Crippen molar-refractivity contribution in [3.8, 4) is 0 Å². The number of carbonyl (C=O) groups excluding carboxylic acids is 1. The second-order valence-electron chi connectivity index (χ2n) is 6.01. The van der Waals surface area contributed by atoms with Gasteiger partial charge in [0.15, 0.2) is 5.13 Å². The minimum Gasteiger partial charge on any atom is -0.394 e. The first kappa shape index (κ1) is 20.0. The molecule has 1 aromatic heterocycles. The van der Waals surface area contributed by atoms with Crippen molar-refractivity contribution >= 4 is 32.4 Å². The smallest absolute Gasteiger partial charge is 0.263 e. The van der Waals surface area contributed by atoms with Crippen LogP contribution in [0.4, 0.5) is 5.13 Å². The Hall–Kier alpha value is -2.75. The quantitative estimate of drug-likeness (QED) is 0.521. The fourth-order valence-electron chi connectivity index (χ4n) is 2.56. The van der Waals surface area contributed by atoms with E-state index in [1.807, 2.05) is 30.3 Å². The standard InChI is InChI=1S/C19H19N3O4S2/c23-13-16(12-14-4-2-1-3-5-14)21-18(24)15-6-8-17(9-7-15)28(25,26)22-19-20-10-11-27-19/h1-11,16,23H,12-13H2,(H,20,22)(H,21,24)/t16-/m1/s1. The lowest BCUT2D eigenvalue weighted by Gasteiger charge is -2.16. The van der Waals surface area contributed by atoms with E-state index in [1.54, 1.807) is 5.38 Å². The molecule has 1 heterocycles. The summed E-state index contributed by atoms with van der Waals surface area (Å²) in [5.41, 5.74) is 1.30. The molecule has 0 unspecified atom stereocenters. The maximum absolute atomic E-state index is 12.4. The SMILES string of the molecule is O=C(N[C@@H](CO)Cc1ccccc1)c1ccc(S(=O)(=O)Nc2nccs2)cc1. The van der Waals surface area contributed by atoms with E-state index in [0.717, 1.165) is 5.56 Å². The van der Waals surface area contributed by atoms with Crippen LogP contribution in [0.1, 0.15) is 15.9 Å². The Labute approximate surface area is 167 Å². The highest BCUT2D eigenvalue weighted by Gasteiger charge is 2.18. The number of sulfonamides is 1. The number of rotatable bonds is 8. The number of amides is 1. The van der Waals surface area contributed by atoms with Crippen molar-refractivity contribution in [2.24, 2.45) is 0 Å².